The number of hydrogen-bond donors (Lipinski definition) is 0. The Labute approximate surface area is 69.6 Å². The fourth-order valence-electron chi connectivity index (χ4n) is 0.714. The molecular weight excluding hydrogens is 158 g/mol. The summed E-state index contributed by atoms with van der Waals surface area (Å²) in [7, 11) is 0. The van der Waals surface area contributed by atoms with Crippen LogP contribution in [0.4, 0.5) is 0 Å². The van der Waals surface area contributed by atoms with Crippen molar-refractivity contribution in [1.82, 2.24) is 4.98 Å². The van der Waals surface area contributed by atoms with Gasteiger partial charge < -0.3 is 0 Å². The molecule has 0 radical (unpaired) electrons. The highest BCUT2D eigenvalue weighted by atomic mass is 32.1. The lowest BCUT2D eigenvalue weighted by Gasteiger charge is -1.94. The SMILES string of the molecule is C=C(C)C(=O)c1scnc1C. The Morgan fingerprint density at radius 1 is 1.73 bits per heavy atom. The molecule has 0 saturated heterocycles. The summed E-state index contributed by atoms with van der Waals surface area (Å²) in [4.78, 5) is 16.0. The van der Waals surface area contributed by atoms with Crippen molar-refractivity contribution in [3.8, 4) is 0 Å². The maximum absolute atomic E-state index is 11.3. The van der Waals surface area contributed by atoms with E-state index in [-0.39, 0.29) is 5.78 Å². The number of thiazole rings is 1. The van der Waals surface area contributed by atoms with Gasteiger partial charge in [0.2, 0.25) is 0 Å². The summed E-state index contributed by atoms with van der Waals surface area (Å²) >= 11 is 1.36. The molecule has 2 nitrogen and oxygen atoms in total. The second-order valence-electron chi connectivity index (χ2n) is 2.38. The molecule has 58 valence electrons. The minimum atomic E-state index is 0.00463. The lowest BCUT2D eigenvalue weighted by Crippen LogP contribution is -1.98. The van der Waals surface area contributed by atoms with Crippen LogP contribution in [0.2, 0.25) is 0 Å². The van der Waals surface area contributed by atoms with Crippen LogP contribution in [0.15, 0.2) is 17.7 Å². The summed E-state index contributed by atoms with van der Waals surface area (Å²) in [6.07, 6.45) is 0. The molecule has 1 heterocycles. The van der Waals surface area contributed by atoms with Gasteiger partial charge in [-0.25, -0.2) is 4.98 Å². The van der Waals surface area contributed by atoms with Crippen molar-refractivity contribution >= 4 is 17.1 Å². The van der Waals surface area contributed by atoms with Gasteiger partial charge in [0, 0.05) is 0 Å². The van der Waals surface area contributed by atoms with Gasteiger partial charge in [-0.05, 0) is 19.4 Å². The molecule has 0 amide bonds. The first-order valence-electron chi connectivity index (χ1n) is 3.23. The topological polar surface area (TPSA) is 30.0 Å². The highest BCUT2D eigenvalue weighted by molar-refractivity contribution is 7.12. The van der Waals surface area contributed by atoms with Crippen molar-refractivity contribution in [2.45, 2.75) is 13.8 Å². The van der Waals surface area contributed by atoms with Crippen molar-refractivity contribution in [3.05, 3.63) is 28.2 Å². The zero-order chi connectivity index (χ0) is 8.43. The van der Waals surface area contributed by atoms with E-state index in [0.29, 0.717) is 10.5 Å². The molecule has 0 atom stereocenters. The molecule has 0 aliphatic heterocycles. The summed E-state index contributed by atoms with van der Waals surface area (Å²) < 4.78 is 0. The maximum atomic E-state index is 11.3. The Morgan fingerprint density at radius 2 is 2.36 bits per heavy atom. The Kier molecular flexibility index (Phi) is 2.19. The van der Waals surface area contributed by atoms with Crippen molar-refractivity contribution in [2.24, 2.45) is 0 Å². The van der Waals surface area contributed by atoms with Crippen LogP contribution in [-0.4, -0.2) is 10.8 Å². The van der Waals surface area contributed by atoms with Gasteiger partial charge in [0.25, 0.3) is 0 Å². The van der Waals surface area contributed by atoms with E-state index in [0.717, 1.165) is 5.69 Å². The third-order valence-corrected chi connectivity index (χ3v) is 2.27. The van der Waals surface area contributed by atoms with Gasteiger partial charge >= 0.3 is 0 Å². The standard InChI is InChI=1S/C8H9NOS/c1-5(2)7(10)8-6(3)9-4-11-8/h4H,1H2,2-3H3. The molecular formula is C8H9NOS. The molecule has 0 bridgehead atoms. The van der Waals surface area contributed by atoms with Crippen molar-refractivity contribution in [2.75, 3.05) is 0 Å². The normalized spacial score (nSPS) is 9.64. The second kappa shape index (κ2) is 2.96. The number of rotatable bonds is 2. The second-order valence-corrected chi connectivity index (χ2v) is 3.23. The van der Waals surface area contributed by atoms with Crippen LogP contribution in [0.1, 0.15) is 22.3 Å². The Morgan fingerprint density at radius 3 is 2.73 bits per heavy atom. The zero-order valence-corrected chi connectivity index (χ0v) is 7.36. The first-order chi connectivity index (χ1) is 5.13. The van der Waals surface area contributed by atoms with Crippen LogP contribution >= 0.6 is 11.3 Å². The number of aromatic nitrogens is 1. The van der Waals surface area contributed by atoms with E-state index in [2.05, 4.69) is 11.6 Å². The van der Waals surface area contributed by atoms with Gasteiger partial charge in [-0.1, -0.05) is 6.58 Å². The van der Waals surface area contributed by atoms with Gasteiger partial charge in [0.15, 0.2) is 5.78 Å². The highest BCUT2D eigenvalue weighted by Gasteiger charge is 2.11. The van der Waals surface area contributed by atoms with Crippen LogP contribution in [0.3, 0.4) is 0 Å². The Bertz CT molecular complexity index is 301. The van der Waals surface area contributed by atoms with Gasteiger partial charge in [0.1, 0.15) is 0 Å². The lowest BCUT2D eigenvalue weighted by molar-refractivity contribution is 0.103. The molecule has 1 aromatic heterocycles. The predicted molar refractivity (Wildman–Crippen MR) is 46.0 cm³/mol. The molecule has 0 aliphatic rings. The molecule has 0 fully saturated rings. The molecule has 0 aromatic carbocycles. The van der Waals surface area contributed by atoms with Gasteiger partial charge in [-0.3, -0.25) is 4.79 Å². The number of carbonyl (C=O) groups excluding carboxylic acids is 1. The predicted octanol–water partition coefficient (Wildman–Crippen LogP) is 2.21. The van der Waals surface area contributed by atoms with Crippen LogP contribution in [0.25, 0.3) is 0 Å². The van der Waals surface area contributed by atoms with Crippen molar-refractivity contribution in [1.29, 1.82) is 0 Å². The summed E-state index contributed by atoms with van der Waals surface area (Å²) in [5.74, 6) is 0.00463. The smallest absolute Gasteiger partial charge is 0.199 e. The molecule has 3 heteroatoms. The largest absolute Gasteiger partial charge is 0.288 e. The molecule has 0 spiro atoms. The Balaban J connectivity index is 3.02. The molecule has 0 saturated carbocycles. The van der Waals surface area contributed by atoms with Crippen molar-refractivity contribution < 1.29 is 4.79 Å². The van der Waals surface area contributed by atoms with Crippen LogP contribution in [-0.2, 0) is 0 Å². The molecule has 0 N–H and O–H groups in total. The van der Waals surface area contributed by atoms with Gasteiger partial charge in [-0.15, -0.1) is 11.3 Å². The number of nitrogens with zero attached hydrogens (tertiary/aromatic N) is 1. The quantitative estimate of drug-likeness (QED) is 0.499. The summed E-state index contributed by atoms with van der Waals surface area (Å²) in [6, 6.07) is 0. The zero-order valence-electron chi connectivity index (χ0n) is 6.55. The van der Waals surface area contributed by atoms with E-state index in [1.807, 2.05) is 6.92 Å². The number of ketones is 1. The number of aryl methyl sites for hydroxylation is 1. The maximum Gasteiger partial charge on any atom is 0.199 e. The van der Waals surface area contributed by atoms with Crippen LogP contribution in [0, 0.1) is 6.92 Å². The number of carbonyl (C=O) groups is 1. The summed E-state index contributed by atoms with van der Waals surface area (Å²) in [5, 5.41) is 0. The van der Waals surface area contributed by atoms with E-state index in [1.54, 1.807) is 12.4 Å². The van der Waals surface area contributed by atoms with Gasteiger partial charge in [0.05, 0.1) is 16.1 Å². The van der Waals surface area contributed by atoms with E-state index >= 15 is 0 Å². The molecule has 11 heavy (non-hydrogen) atoms. The first kappa shape index (κ1) is 8.14. The first-order valence-corrected chi connectivity index (χ1v) is 4.11. The summed E-state index contributed by atoms with van der Waals surface area (Å²) in [6.45, 7) is 7.12. The highest BCUT2D eigenvalue weighted by Crippen LogP contribution is 2.15. The molecule has 1 aromatic rings. The monoisotopic (exact) mass is 167 g/mol. The number of allylic oxidation sites excluding steroid dienone is 1. The van der Waals surface area contributed by atoms with Crippen LogP contribution in [0.5, 0.6) is 0 Å². The molecule has 0 aliphatic carbocycles. The van der Waals surface area contributed by atoms with E-state index in [1.165, 1.54) is 11.3 Å². The average Bonchev–Trinajstić information content (AvgIpc) is 2.33. The Hall–Kier alpha value is -0.960. The third kappa shape index (κ3) is 1.54. The van der Waals surface area contributed by atoms with E-state index in [9.17, 15) is 4.79 Å². The fourth-order valence-corrected chi connectivity index (χ4v) is 1.53. The molecule has 1 rings (SSSR count). The van der Waals surface area contributed by atoms with E-state index in [4.69, 9.17) is 0 Å². The van der Waals surface area contributed by atoms with Gasteiger partial charge in [-0.2, -0.15) is 0 Å². The average molecular weight is 167 g/mol. The minimum absolute atomic E-state index is 0.00463. The minimum Gasteiger partial charge on any atom is -0.288 e. The fraction of sp³-hybridized carbons (Fsp3) is 0.250. The summed E-state index contributed by atoms with van der Waals surface area (Å²) in [5.41, 5.74) is 3.03. The van der Waals surface area contributed by atoms with E-state index < -0.39 is 0 Å². The third-order valence-electron chi connectivity index (χ3n) is 1.34. The molecule has 0 unspecified atom stereocenters. The van der Waals surface area contributed by atoms with Crippen LogP contribution < -0.4 is 0 Å². The number of Topliss-reactive ketones (excluding diaryl/α,β-unsaturated/α-hetero) is 1. The lowest BCUT2D eigenvalue weighted by atomic mass is 10.2. The van der Waals surface area contributed by atoms with Crippen molar-refractivity contribution in [3.63, 3.8) is 0 Å². The number of hydrogen-bond acceptors (Lipinski definition) is 3.